The highest BCUT2D eigenvalue weighted by Gasteiger charge is 2.13. The highest BCUT2D eigenvalue weighted by Crippen LogP contribution is 2.30. The number of nitrogens with zero attached hydrogens (tertiary/aromatic N) is 3. The molecule has 4 rings (SSSR count). The number of hydrogen-bond acceptors (Lipinski definition) is 6. The number of hydrogen-bond donors (Lipinski definition) is 4. The monoisotopic (exact) mass is 516 g/mol. The number of nitrogens with two attached hydrogens (primary N) is 1. The highest BCUT2D eigenvalue weighted by atomic mass is 16.5. The Balaban J connectivity index is 1.40. The number of rotatable bonds is 12. The molecule has 1 aromatic heterocycles. The Kier molecular flexibility index (Phi) is 8.75. The van der Waals surface area contributed by atoms with Gasteiger partial charge < -0.3 is 30.3 Å². The van der Waals surface area contributed by atoms with Gasteiger partial charge >= 0.3 is 5.97 Å². The molecule has 4 aromatic rings. The number of carboxylic acids is 1. The summed E-state index contributed by atoms with van der Waals surface area (Å²) in [6.07, 6.45) is 0. The van der Waals surface area contributed by atoms with Gasteiger partial charge in [0.25, 0.3) is 5.91 Å². The smallest absolute Gasteiger partial charge is 0.329 e. The summed E-state index contributed by atoms with van der Waals surface area (Å²) < 4.78 is 12.4. The molecule has 0 aliphatic carbocycles. The minimum absolute atomic E-state index is 0.00332. The normalized spacial score (nSPS) is 11.4. The Morgan fingerprint density at radius 1 is 0.921 bits per heavy atom. The second-order valence-electron chi connectivity index (χ2n) is 8.41. The fraction of sp³-hybridized carbons (Fsp3) is 0.222. The first kappa shape index (κ1) is 26.5. The van der Waals surface area contributed by atoms with Crippen molar-refractivity contribution in [1.29, 1.82) is 5.41 Å². The van der Waals surface area contributed by atoms with E-state index in [0.29, 0.717) is 30.8 Å². The Hall–Kier alpha value is -4.61. The SMILES string of the molecule is N=C(N=NN)c1ccc2c(c1)c1ccccc1n2Cc1ccc(C(=O)NCCOCCOCC(=O)O)cc1. The molecule has 0 saturated heterocycles. The maximum absolute atomic E-state index is 12.5. The third-order valence-corrected chi connectivity index (χ3v) is 5.89. The number of aliphatic carboxylic acids is 1. The van der Waals surface area contributed by atoms with Crippen molar-refractivity contribution in [2.24, 2.45) is 16.2 Å². The van der Waals surface area contributed by atoms with E-state index in [0.717, 1.165) is 27.4 Å². The molecule has 11 nitrogen and oxygen atoms in total. The summed E-state index contributed by atoms with van der Waals surface area (Å²) >= 11 is 0. The van der Waals surface area contributed by atoms with Crippen LogP contribution in [-0.2, 0) is 20.8 Å². The molecular formula is C27H28N6O5. The first-order valence-corrected chi connectivity index (χ1v) is 11.9. The summed E-state index contributed by atoms with van der Waals surface area (Å²) in [5, 5.41) is 28.3. The molecule has 0 bridgehead atoms. The number of nitrogens with one attached hydrogen (secondary N) is 2. The lowest BCUT2D eigenvalue weighted by Gasteiger charge is -2.10. The maximum Gasteiger partial charge on any atom is 0.329 e. The van der Waals surface area contributed by atoms with E-state index in [4.69, 9.17) is 25.8 Å². The summed E-state index contributed by atoms with van der Waals surface area (Å²) in [5.74, 6) is 3.88. The molecule has 0 radical (unpaired) electrons. The van der Waals surface area contributed by atoms with E-state index in [1.807, 2.05) is 48.5 Å². The zero-order valence-corrected chi connectivity index (χ0v) is 20.6. The van der Waals surface area contributed by atoms with Crippen molar-refractivity contribution in [3.05, 3.63) is 83.4 Å². The molecule has 38 heavy (non-hydrogen) atoms. The summed E-state index contributed by atoms with van der Waals surface area (Å²) in [5.41, 5.74) is 4.27. The van der Waals surface area contributed by atoms with Crippen LogP contribution >= 0.6 is 0 Å². The lowest BCUT2D eigenvalue weighted by Crippen LogP contribution is -2.27. The van der Waals surface area contributed by atoms with E-state index >= 15 is 0 Å². The Morgan fingerprint density at radius 3 is 2.39 bits per heavy atom. The van der Waals surface area contributed by atoms with E-state index in [1.165, 1.54) is 0 Å². The summed E-state index contributed by atoms with van der Waals surface area (Å²) in [6, 6.07) is 21.2. The number of carbonyl (C=O) groups excluding carboxylic acids is 1. The van der Waals surface area contributed by atoms with Gasteiger partial charge in [-0.05, 0) is 42.0 Å². The average Bonchev–Trinajstić information content (AvgIpc) is 3.23. The van der Waals surface area contributed by atoms with Crippen LogP contribution in [0.15, 0.2) is 77.1 Å². The third kappa shape index (κ3) is 6.38. The topological polar surface area (TPSA) is 164 Å². The zero-order chi connectivity index (χ0) is 26.9. The lowest BCUT2D eigenvalue weighted by molar-refractivity contribution is -0.142. The van der Waals surface area contributed by atoms with Crippen molar-refractivity contribution in [3.63, 3.8) is 0 Å². The zero-order valence-electron chi connectivity index (χ0n) is 20.6. The molecule has 196 valence electrons. The van der Waals surface area contributed by atoms with Crippen molar-refractivity contribution < 1.29 is 24.2 Å². The van der Waals surface area contributed by atoms with Gasteiger partial charge in [0, 0.05) is 46.0 Å². The number of amides is 1. The van der Waals surface area contributed by atoms with E-state index in [-0.39, 0.29) is 31.6 Å². The van der Waals surface area contributed by atoms with Gasteiger partial charge in [-0.2, -0.15) is 0 Å². The number of fused-ring (bicyclic) bond motifs is 3. The number of amidine groups is 1. The van der Waals surface area contributed by atoms with Gasteiger partial charge in [0.15, 0.2) is 5.84 Å². The van der Waals surface area contributed by atoms with E-state index in [9.17, 15) is 9.59 Å². The minimum atomic E-state index is -1.03. The highest BCUT2D eigenvalue weighted by molar-refractivity contribution is 6.11. The average molecular weight is 517 g/mol. The number of aromatic nitrogens is 1. The minimum Gasteiger partial charge on any atom is -0.480 e. The van der Waals surface area contributed by atoms with Gasteiger partial charge in [0.1, 0.15) is 6.61 Å². The van der Waals surface area contributed by atoms with Crippen molar-refractivity contribution >= 4 is 39.5 Å². The van der Waals surface area contributed by atoms with Crippen LogP contribution in [0.1, 0.15) is 21.5 Å². The van der Waals surface area contributed by atoms with Gasteiger partial charge in [-0.25, -0.2) is 4.79 Å². The van der Waals surface area contributed by atoms with Gasteiger partial charge in [-0.3, -0.25) is 10.2 Å². The van der Waals surface area contributed by atoms with E-state index in [1.54, 1.807) is 12.1 Å². The van der Waals surface area contributed by atoms with Crippen molar-refractivity contribution in [2.75, 3.05) is 33.0 Å². The molecule has 1 amide bonds. The number of benzene rings is 3. The number of carbonyl (C=O) groups is 2. The van der Waals surface area contributed by atoms with Crippen LogP contribution in [0.3, 0.4) is 0 Å². The fourth-order valence-corrected chi connectivity index (χ4v) is 4.15. The maximum atomic E-state index is 12.5. The molecule has 0 aliphatic rings. The van der Waals surface area contributed by atoms with Gasteiger partial charge in [-0.15, -0.1) is 5.11 Å². The molecule has 5 N–H and O–H groups in total. The van der Waals surface area contributed by atoms with Crippen LogP contribution in [0.4, 0.5) is 0 Å². The second kappa shape index (κ2) is 12.6. The van der Waals surface area contributed by atoms with Crippen molar-refractivity contribution in [3.8, 4) is 0 Å². The third-order valence-electron chi connectivity index (χ3n) is 5.89. The van der Waals surface area contributed by atoms with E-state index < -0.39 is 5.97 Å². The molecule has 0 unspecified atom stereocenters. The number of ether oxygens (including phenoxy) is 2. The number of para-hydroxylation sites is 1. The molecular weight excluding hydrogens is 488 g/mol. The molecule has 0 aliphatic heterocycles. The molecule has 3 aromatic carbocycles. The largest absolute Gasteiger partial charge is 0.480 e. The fourth-order valence-electron chi connectivity index (χ4n) is 4.15. The quantitative estimate of drug-likeness (QED) is 0.0563. The van der Waals surface area contributed by atoms with Crippen molar-refractivity contribution in [2.45, 2.75) is 6.54 Å². The lowest BCUT2D eigenvalue weighted by atomic mass is 10.1. The molecule has 0 spiro atoms. The van der Waals surface area contributed by atoms with Gasteiger partial charge in [0.2, 0.25) is 0 Å². The molecule has 0 saturated carbocycles. The first-order chi connectivity index (χ1) is 18.5. The number of carboxylic acid groups (broad SMARTS) is 1. The van der Waals surface area contributed by atoms with Gasteiger partial charge in [0.05, 0.1) is 19.8 Å². The summed E-state index contributed by atoms with van der Waals surface area (Å²) in [7, 11) is 0. The standard InChI is InChI=1S/C27H28N6O5/c28-26(31-32-29)20-9-10-24-22(15-20)21-3-1-2-4-23(21)33(24)16-18-5-7-19(8-6-18)27(36)30-11-12-37-13-14-38-17-25(34)35/h1-10,15H,11-14,16-17H2,(H,30,36)(H,34,35)(H3,28,29,31). The van der Waals surface area contributed by atoms with Crippen LogP contribution < -0.4 is 11.2 Å². The molecule has 11 heteroatoms. The van der Waals surface area contributed by atoms with Crippen LogP contribution in [0.5, 0.6) is 0 Å². The molecule has 1 heterocycles. The predicted octanol–water partition coefficient (Wildman–Crippen LogP) is 3.34. The van der Waals surface area contributed by atoms with Crippen LogP contribution in [0.25, 0.3) is 21.8 Å². The van der Waals surface area contributed by atoms with Crippen LogP contribution in [0, 0.1) is 5.41 Å². The Labute approximate surface area is 218 Å². The van der Waals surface area contributed by atoms with Crippen LogP contribution in [0.2, 0.25) is 0 Å². The van der Waals surface area contributed by atoms with Gasteiger partial charge in [-0.1, -0.05) is 35.6 Å². The molecule has 0 fully saturated rings. The Morgan fingerprint density at radius 2 is 1.63 bits per heavy atom. The predicted molar refractivity (Wildman–Crippen MR) is 142 cm³/mol. The second-order valence-corrected chi connectivity index (χ2v) is 8.41. The van der Waals surface area contributed by atoms with E-state index in [2.05, 4.69) is 26.3 Å². The Bertz CT molecular complexity index is 1480. The summed E-state index contributed by atoms with van der Waals surface area (Å²) in [4.78, 5) is 22.8. The molecule has 0 atom stereocenters. The van der Waals surface area contributed by atoms with Crippen LogP contribution in [-0.4, -0.2) is 60.4 Å². The van der Waals surface area contributed by atoms with Crippen molar-refractivity contribution in [1.82, 2.24) is 9.88 Å². The first-order valence-electron chi connectivity index (χ1n) is 11.9. The summed E-state index contributed by atoms with van der Waals surface area (Å²) in [6.45, 7) is 1.30.